The molecule has 0 aliphatic heterocycles. The molecule has 1 aromatic heterocycles. The summed E-state index contributed by atoms with van der Waals surface area (Å²) in [5, 5.41) is 11.5. The molecule has 3 aromatic carbocycles. The lowest BCUT2D eigenvalue weighted by molar-refractivity contribution is 0.100. The highest BCUT2D eigenvalue weighted by molar-refractivity contribution is 7.91. The van der Waals surface area contributed by atoms with Gasteiger partial charge in [-0.2, -0.15) is 0 Å². The first kappa shape index (κ1) is 26.2. The van der Waals surface area contributed by atoms with Crippen LogP contribution in [0.5, 0.6) is 5.75 Å². The first-order valence-electron chi connectivity index (χ1n) is 12.8. The number of carbonyl (C=O) groups excluding carboxylic acids is 1. The van der Waals surface area contributed by atoms with Crippen molar-refractivity contribution in [1.82, 2.24) is 4.98 Å². The van der Waals surface area contributed by atoms with Gasteiger partial charge < -0.3 is 20.7 Å². The van der Waals surface area contributed by atoms with Crippen molar-refractivity contribution >= 4 is 27.1 Å². The minimum atomic E-state index is -4.41. The highest BCUT2D eigenvalue weighted by Gasteiger charge is 2.33. The fourth-order valence-corrected chi connectivity index (χ4v) is 6.24. The molecule has 9 heteroatoms. The first-order valence-corrected chi connectivity index (χ1v) is 14.3. The van der Waals surface area contributed by atoms with Crippen molar-refractivity contribution in [2.45, 2.75) is 36.0 Å². The molecule has 1 aliphatic carbocycles. The number of rotatable bonds is 9. The number of carbonyl (C=O) groups is 1. The molecule has 4 aromatic rings. The topological polar surface area (TPSA) is 134 Å². The molecule has 0 bridgehead atoms. The van der Waals surface area contributed by atoms with Crippen LogP contribution in [0.3, 0.4) is 0 Å². The predicted molar refractivity (Wildman–Crippen MR) is 150 cm³/mol. The number of aromatic amines is 1. The molecule has 1 saturated carbocycles. The lowest BCUT2D eigenvalue weighted by Gasteiger charge is -2.27. The number of anilines is 2. The Kier molecular flexibility index (Phi) is 7.01. The molecule has 1 fully saturated rings. The summed E-state index contributed by atoms with van der Waals surface area (Å²) in [5.41, 5.74) is 7.65. The van der Waals surface area contributed by atoms with Crippen molar-refractivity contribution < 1.29 is 18.3 Å². The number of H-pyrrole nitrogens is 1. The quantitative estimate of drug-likeness (QED) is 0.278. The van der Waals surface area contributed by atoms with Gasteiger partial charge in [0.05, 0.1) is 4.90 Å². The van der Waals surface area contributed by atoms with E-state index >= 15 is 0 Å². The Morgan fingerprint density at radius 2 is 1.64 bits per heavy atom. The van der Waals surface area contributed by atoms with Crippen LogP contribution in [0.1, 0.15) is 35.8 Å². The van der Waals surface area contributed by atoms with Gasteiger partial charge in [-0.15, -0.1) is 0 Å². The maximum absolute atomic E-state index is 13.8. The third-order valence-corrected chi connectivity index (χ3v) is 8.79. The maximum atomic E-state index is 13.8. The van der Waals surface area contributed by atoms with Crippen LogP contribution in [0.25, 0.3) is 11.1 Å². The summed E-state index contributed by atoms with van der Waals surface area (Å²) in [6.07, 6.45) is 2.58. The Hall–Kier alpha value is -4.37. The normalized spacial score (nSPS) is 13.3. The van der Waals surface area contributed by atoms with Crippen molar-refractivity contribution in [3.63, 3.8) is 0 Å². The van der Waals surface area contributed by atoms with Crippen molar-refractivity contribution in [3.05, 3.63) is 100 Å². The van der Waals surface area contributed by atoms with Gasteiger partial charge >= 0.3 is 0 Å². The van der Waals surface area contributed by atoms with Crippen LogP contribution in [-0.4, -0.2) is 31.0 Å². The van der Waals surface area contributed by atoms with E-state index in [1.54, 1.807) is 36.4 Å². The van der Waals surface area contributed by atoms with Crippen molar-refractivity contribution in [2.75, 3.05) is 11.4 Å². The second-order valence-corrected chi connectivity index (χ2v) is 11.5. The van der Waals surface area contributed by atoms with Gasteiger partial charge in [0.15, 0.2) is 10.6 Å². The maximum Gasteiger partial charge on any atom is 0.271 e. The SMILES string of the molecule is CCN(c1ccccc1)c1c(CC2CC2)[nH]c(=O)c(S(=O)(=O)c2ccc(-c3ccccc3C(N)=O)cc2)c1O. The number of nitrogens with two attached hydrogens (primary N) is 1. The number of aromatic nitrogens is 1. The predicted octanol–water partition coefficient (Wildman–Crippen LogP) is 4.79. The monoisotopic (exact) mass is 543 g/mol. The van der Waals surface area contributed by atoms with Gasteiger partial charge in [0.2, 0.25) is 15.7 Å². The zero-order valence-corrected chi connectivity index (χ0v) is 22.2. The molecule has 1 aliphatic rings. The Balaban J connectivity index is 1.62. The molecule has 8 nitrogen and oxygen atoms in total. The number of benzene rings is 3. The highest BCUT2D eigenvalue weighted by Crippen LogP contribution is 2.43. The number of nitrogens with one attached hydrogen (secondary N) is 1. The summed E-state index contributed by atoms with van der Waals surface area (Å²) in [7, 11) is -4.41. The summed E-state index contributed by atoms with van der Waals surface area (Å²) in [4.78, 5) is 28.8. The summed E-state index contributed by atoms with van der Waals surface area (Å²) in [6, 6.07) is 21.9. The van der Waals surface area contributed by atoms with Gasteiger partial charge in [0.25, 0.3) is 5.56 Å². The average molecular weight is 544 g/mol. The van der Waals surface area contributed by atoms with Crippen LogP contribution in [0.4, 0.5) is 11.4 Å². The number of primary amides is 1. The standard InChI is InChI=1S/C30H29N3O5S/c1-2-33(21-8-4-3-5-9-21)26-25(18-19-12-13-19)32-30(36)28(27(26)34)39(37,38)22-16-14-20(15-17-22)23-10-6-7-11-24(23)29(31)35/h3-11,14-17,19H,2,12-13,18H2,1H3,(H2,31,35)(H2,32,34,36). The van der Waals surface area contributed by atoms with E-state index in [0.29, 0.717) is 47.0 Å². The number of pyridine rings is 1. The summed E-state index contributed by atoms with van der Waals surface area (Å²) >= 11 is 0. The molecule has 4 N–H and O–H groups in total. The van der Waals surface area contributed by atoms with Gasteiger partial charge in [0.1, 0.15) is 5.69 Å². The van der Waals surface area contributed by atoms with Crippen molar-refractivity contribution in [3.8, 4) is 16.9 Å². The zero-order valence-electron chi connectivity index (χ0n) is 21.4. The molecule has 0 spiro atoms. The van der Waals surface area contributed by atoms with Gasteiger partial charge in [-0.1, -0.05) is 48.5 Å². The number of amides is 1. The van der Waals surface area contributed by atoms with Crippen molar-refractivity contribution in [1.29, 1.82) is 0 Å². The molecule has 0 unspecified atom stereocenters. The van der Waals surface area contributed by atoms with Crippen LogP contribution in [0, 0.1) is 5.92 Å². The van der Waals surface area contributed by atoms with E-state index in [4.69, 9.17) is 5.73 Å². The van der Waals surface area contributed by atoms with Crippen LogP contribution < -0.4 is 16.2 Å². The van der Waals surface area contributed by atoms with E-state index < -0.39 is 31.9 Å². The lowest BCUT2D eigenvalue weighted by atomic mass is 9.99. The van der Waals surface area contributed by atoms with E-state index in [-0.39, 0.29) is 4.90 Å². The second kappa shape index (κ2) is 10.4. The largest absolute Gasteiger partial charge is 0.504 e. The summed E-state index contributed by atoms with van der Waals surface area (Å²) < 4.78 is 27.5. The highest BCUT2D eigenvalue weighted by atomic mass is 32.2. The number of nitrogens with zero attached hydrogens (tertiary/aromatic N) is 1. The Bertz CT molecular complexity index is 1690. The Morgan fingerprint density at radius 1 is 1.00 bits per heavy atom. The summed E-state index contributed by atoms with van der Waals surface area (Å²) in [6.45, 7) is 2.34. The lowest BCUT2D eigenvalue weighted by Crippen LogP contribution is -2.25. The van der Waals surface area contributed by atoms with Gasteiger partial charge in [-0.25, -0.2) is 8.42 Å². The molecule has 1 amide bonds. The third kappa shape index (κ3) is 5.05. The average Bonchev–Trinajstić information content (AvgIpc) is 3.75. The van der Waals surface area contributed by atoms with Gasteiger partial charge in [-0.3, -0.25) is 9.59 Å². The Labute approximate surface area is 226 Å². The number of para-hydroxylation sites is 1. The van der Waals surface area contributed by atoms with Crippen LogP contribution in [0.15, 0.2) is 93.4 Å². The molecule has 1 heterocycles. The summed E-state index contributed by atoms with van der Waals surface area (Å²) in [5.74, 6) is -0.786. The molecule has 39 heavy (non-hydrogen) atoms. The number of aromatic hydroxyl groups is 1. The van der Waals surface area contributed by atoms with E-state index in [1.807, 2.05) is 42.2 Å². The van der Waals surface area contributed by atoms with E-state index in [9.17, 15) is 23.1 Å². The fourth-order valence-electron chi connectivity index (χ4n) is 4.87. The second-order valence-electron chi connectivity index (χ2n) is 9.62. The molecule has 0 radical (unpaired) electrons. The first-order chi connectivity index (χ1) is 18.7. The van der Waals surface area contributed by atoms with Crippen LogP contribution in [-0.2, 0) is 16.3 Å². The van der Waals surface area contributed by atoms with Crippen LogP contribution in [0.2, 0.25) is 0 Å². The molecule has 0 atom stereocenters. The number of hydrogen-bond acceptors (Lipinski definition) is 6. The molecular formula is C30H29N3O5S. The third-order valence-electron chi connectivity index (χ3n) is 6.98. The number of hydrogen-bond donors (Lipinski definition) is 3. The van der Waals surface area contributed by atoms with E-state index in [2.05, 4.69) is 4.98 Å². The zero-order chi connectivity index (χ0) is 27.7. The fraction of sp³-hybridized carbons (Fsp3) is 0.200. The minimum Gasteiger partial charge on any atom is -0.504 e. The molecule has 5 rings (SSSR count). The molecule has 200 valence electrons. The van der Waals surface area contributed by atoms with Gasteiger partial charge in [0, 0.05) is 23.5 Å². The minimum absolute atomic E-state index is 0.160. The van der Waals surface area contributed by atoms with Gasteiger partial charge in [-0.05, 0) is 73.6 Å². The van der Waals surface area contributed by atoms with Crippen LogP contribution >= 0.6 is 0 Å². The molecular weight excluding hydrogens is 514 g/mol. The Morgan fingerprint density at radius 3 is 2.26 bits per heavy atom. The van der Waals surface area contributed by atoms with E-state index in [1.165, 1.54) is 12.1 Å². The van der Waals surface area contributed by atoms with E-state index in [0.717, 1.165) is 18.5 Å². The van der Waals surface area contributed by atoms with Crippen molar-refractivity contribution in [2.24, 2.45) is 11.7 Å². The number of sulfone groups is 1. The molecule has 0 saturated heterocycles. The smallest absolute Gasteiger partial charge is 0.271 e.